The van der Waals surface area contributed by atoms with Crippen molar-refractivity contribution in [3.8, 4) is 0 Å². The summed E-state index contributed by atoms with van der Waals surface area (Å²) in [5.41, 5.74) is -1.68. The number of hydrogen-bond donors (Lipinski definition) is 0. The zero-order valence-electron chi connectivity index (χ0n) is 21.5. The molecule has 0 radical (unpaired) electrons. The van der Waals surface area contributed by atoms with Gasteiger partial charge in [-0.05, 0) is 41.5 Å². The maximum absolute atomic E-state index is 13.4. The van der Waals surface area contributed by atoms with Crippen LogP contribution in [0.1, 0.15) is 63.3 Å². The molecule has 0 aliphatic carbocycles. The largest absolute Gasteiger partial charge is 0.444 e. The van der Waals surface area contributed by atoms with Crippen molar-refractivity contribution in [2.45, 2.75) is 71.8 Å². The zero-order chi connectivity index (χ0) is 27.1. The fourth-order valence-corrected chi connectivity index (χ4v) is 4.64. The summed E-state index contributed by atoms with van der Waals surface area (Å²) < 4.78 is 58.5. The van der Waals surface area contributed by atoms with E-state index in [1.165, 1.54) is 25.8 Å². The number of hydroxylamine groups is 2. The lowest BCUT2D eigenvalue weighted by atomic mass is 10.00. The van der Waals surface area contributed by atoms with Crippen LogP contribution in [0.4, 0.5) is 4.79 Å². The van der Waals surface area contributed by atoms with Gasteiger partial charge in [-0.1, -0.05) is 0 Å². The standard InChI is InChI=1S/C20H34N4O9S2/c1-13-10-15-14(11-23(13)18(26)32-19(2,3)4)16(24(21-15)34(8,27)28)17(25)22(7)33-20(5,6)12-31-35(9,29)30/h13H,10-12H2,1-9H3/t13-/m1/s1. The molecule has 35 heavy (non-hydrogen) atoms. The quantitative estimate of drug-likeness (QED) is 0.364. The summed E-state index contributed by atoms with van der Waals surface area (Å²) in [5.74, 6) is -0.852. The topological polar surface area (TPSA) is 154 Å². The number of ether oxygens (including phenoxy) is 1. The van der Waals surface area contributed by atoms with E-state index in [4.69, 9.17) is 13.8 Å². The second-order valence-electron chi connectivity index (χ2n) is 10.2. The van der Waals surface area contributed by atoms with Gasteiger partial charge in [0.25, 0.3) is 26.0 Å². The summed E-state index contributed by atoms with van der Waals surface area (Å²) in [6.07, 6.45) is 1.38. The average molecular weight is 539 g/mol. The lowest BCUT2D eigenvalue weighted by Crippen LogP contribution is -2.46. The lowest BCUT2D eigenvalue weighted by Gasteiger charge is -2.35. The maximum atomic E-state index is 13.4. The Morgan fingerprint density at radius 2 is 1.69 bits per heavy atom. The third-order valence-electron chi connectivity index (χ3n) is 4.82. The molecule has 0 fully saturated rings. The molecular formula is C20H34N4O9S2. The molecular weight excluding hydrogens is 504 g/mol. The van der Waals surface area contributed by atoms with E-state index in [-0.39, 0.29) is 30.3 Å². The van der Waals surface area contributed by atoms with Crippen LogP contribution in [0, 0.1) is 0 Å². The molecule has 0 saturated heterocycles. The zero-order valence-corrected chi connectivity index (χ0v) is 23.1. The molecule has 1 aromatic heterocycles. The van der Waals surface area contributed by atoms with E-state index in [9.17, 15) is 26.4 Å². The van der Waals surface area contributed by atoms with E-state index in [1.54, 1.807) is 27.7 Å². The van der Waals surface area contributed by atoms with Crippen molar-refractivity contribution >= 4 is 32.1 Å². The highest BCUT2D eigenvalue weighted by atomic mass is 32.2. The van der Waals surface area contributed by atoms with Gasteiger partial charge in [-0.3, -0.25) is 13.8 Å². The fraction of sp³-hybridized carbons (Fsp3) is 0.750. The van der Waals surface area contributed by atoms with Crippen LogP contribution in [-0.2, 0) is 46.9 Å². The lowest BCUT2D eigenvalue weighted by molar-refractivity contribution is -0.199. The predicted molar refractivity (Wildman–Crippen MR) is 125 cm³/mol. The van der Waals surface area contributed by atoms with Gasteiger partial charge in [-0.25, -0.2) is 18.3 Å². The van der Waals surface area contributed by atoms with Crippen LogP contribution in [0.5, 0.6) is 0 Å². The van der Waals surface area contributed by atoms with Crippen molar-refractivity contribution in [3.63, 3.8) is 0 Å². The molecule has 0 unspecified atom stereocenters. The van der Waals surface area contributed by atoms with Gasteiger partial charge in [-0.2, -0.15) is 17.6 Å². The van der Waals surface area contributed by atoms with Crippen molar-refractivity contribution < 1.29 is 40.2 Å². The number of hydrogen-bond acceptors (Lipinski definition) is 10. The second-order valence-corrected chi connectivity index (χ2v) is 13.6. The van der Waals surface area contributed by atoms with E-state index in [1.807, 2.05) is 0 Å². The molecule has 0 bridgehead atoms. The molecule has 200 valence electrons. The number of carbonyl (C=O) groups excluding carboxylic acids is 2. The summed E-state index contributed by atoms with van der Waals surface area (Å²) >= 11 is 0. The van der Waals surface area contributed by atoms with E-state index < -0.39 is 50.0 Å². The molecule has 2 rings (SSSR count). The van der Waals surface area contributed by atoms with E-state index >= 15 is 0 Å². The first-order valence-electron chi connectivity index (χ1n) is 10.7. The number of nitrogens with zero attached hydrogens (tertiary/aromatic N) is 4. The minimum absolute atomic E-state index is 0.101. The monoisotopic (exact) mass is 538 g/mol. The van der Waals surface area contributed by atoms with Crippen molar-refractivity contribution in [2.24, 2.45) is 0 Å². The van der Waals surface area contributed by atoms with Gasteiger partial charge in [0.2, 0.25) is 0 Å². The smallest absolute Gasteiger partial charge is 0.410 e. The van der Waals surface area contributed by atoms with Crippen molar-refractivity contribution in [1.82, 2.24) is 19.1 Å². The Morgan fingerprint density at radius 3 is 2.17 bits per heavy atom. The van der Waals surface area contributed by atoms with Gasteiger partial charge < -0.3 is 9.64 Å². The highest BCUT2D eigenvalue weighted by Gasteiger charge is 2.39. The van der Waals surface area contributed by atoms with Crippen LogP contribution in [0.2, 0.25) is 0 Å². The molecule has 1 aliphatic heterocycles. The fourth-order valence-electron chi connectivity index (χ4n) is 3.37. The minimum Gasteiger partial charge on any atom is -0.444 e. The first kappa shape index (κ1) is 29.0. The van der Waals surface area contributed by atoms with Crippen LogP contribution >= 0.6 is 0 Å². The molecule has 13 nitrogen and oxygen atoms in total. The summed E-state index contributed by atoms with van der Waals surface area (Å²) in [7, 11) is -6.50. The second kappa shape index (κ2) is 9.67. The van der Waals surface area contributed by atoms with Crippen molar-refractivity contribution in [3.05, 3.63) is 17.0 Å². The van der Waals surface area contributed by atoms with Gasteiger partial charge in [0.15, 0.2) is 5.69 Å². The van der Waals surface area contributed by atoms with Gasteiger partial charge >= 0.3 is 6.09 Å². The molecule has 1 aromatic rings. The average Bonchev–Trinajstić information content (AvgIpc) is 3.01. The number of carbonyl (C=O) groups is 2. The number of amides is 2. The molecule has 0 spiro atoms. The molecule has 2 amide bonds. The summed E-state index contributed by atoms with van der Waals surface area (Å²) in [5, 5.41) is 4.94. The Balaban J connectivity index is 2.44. The number of fused-ring (bicyclic) bond motifs is 1. The Bertz CT molecular complexity index is 1200. The van der Waals surface area contributed by atoms with Crippen LogP contribution in [0.15, 0.2) is 0 Å². The van der Waals surface area contributed by atoms with Crippen LogP contribution in [0.3, 0.4) is 0 Å². The molecule has 15 heteroatoms. The molecule has 0 aromatic carbocycles. The number of rotatable bonds is 7. The molecule has 0 saturated carbocycles. The van der Waals surface area contributed by atoms with Gasteiger partial charge in [-0.15, -0.1) is 0 Å². The van der Waals surface area contributed by atoms with Crippen LogP contribution in [0.25, 0.3) is 0 Å². The van der Waals surface area contributed by atoms with Crippen molar-refractivity contribution in [1.29, 1.82) is 0 Å². The normalized spacial score (nSPS) is 17.2. The maximum Gasteiger partial charge on any atom is 0.410 e. The van der Waals surface area contributed by atoms with E-state index in [0.717, 1.165) is 17.6 Å². The minimum atomic E-state index is -4.00. The predicted octanol–water partition coefficient (Wildman–Crippen LogP) is 1.13. The van der Waals surface area contributed by atoms with Crippen molar-refractivity contribution in [2.75, 3.05) is 26.2 Å². The Morgan fingerprint density at radius 1 is 1.11 bits per heavy atom. The molecule has 1 aliphatic rings. The Labute approximate surface area is 206 Å². The third-order valence-corrected chi connectivity index (χ3v) is 6.26. The van der Waals surface area contributed by atoms with Gasteiger partial charge in [0, 0.05) is 25.1 Å². The first-order chi connectivity index (χ1) is 15.6. The highest BCUT2D eigenvalue weighted by molar-refractivity contribution is 7.89. The van der Waals surface area contributed by atoms with E-state index in [0.29, 0.717) is 9.78 Å². The SMILES string of the molecule is C[C@@H]1Cc2nn(S(C)(=O)=O)c(C(=O)N(C)OC(C)(C)COS(C)(=O)=O)c2CN1C(=O)OC(C)(C)C. The summed E-state index contributed by atoms with van der Waals surface area (Å²) in [4.78, 5) is 33.2. The Kier molecular flexibility index (Phi) is 8.01. The van der Waals surface area contributed by atoms with Gasteiger partial charge in [0.05, 0.1) is 31.4 Å². The third kappa shape index (κ3) is 7.62. The van der Waals surface area contributed by atoms with Crippen LogP contribution < -0.4 is 0 Å². The summed E-state index contributed by atoms with van der Waals surface area (Å²) in [6.45, 7) is 9.45. The molecule has 0 N–H and O–H groups in total. The van der Waals surface area contributed by atoms with Crippen LogP contribution in [-0.4, -0.2) is 91.4 Å². The van der Waals surface area contributed by atoms with Gasteiger partial charge in [0.1, 0.15) is 11.2 Å². The summed E-state index contributed by atoms with van der Waals surface area (Å²) in [6, 6.07) is -0.357. The number of aromatic nitrogens is 2. The first-order valence-corrected chi connectivity index (χ1v) is 14.4. The highest BCUT2D eigenvalue weighted by Crippen LogP contribution is 2.29. The molecule has 2 heterocycles. The van der Waals surface area contributed by atoms with E-state index in [2.05, 4.69) is 5.10 Å². The Hall–Kier alpha value is -2.23. The molecule has 1 atom stereocenters.